The monoisotopic (exact) mass is 240 g/mol. The summed E-state index contributed by atoms with van der Waals surface area (Å²) in [5, 5.41) is 26.2. The van der Waals surface area contributed by atoms with Crippen LogP contribution in [0.1, 0.15) is 13.8 Å². The van der Waals surface area contributed by atoms with Gasteiger partial charge in [0.2, 0.25) is 0 Å². The quantitative estimate of drug-likeness (QED) is 0.335. The van der Waals surface area contributed by atoms with Gasteiger partial charge in [-0.3, -0.25) is 0 Å². The Morgan fingerprint density at radius 1 is 0.812 bits per heavy atom. The summed E-state index contributed by atoms with van der Waals surface area (Å²) in [5.41, 5.74) is 0. The van der Waals surface area contributed by atoms with Crippen LogP contribution in [0.5, 0.6) is 0 Å². The van der Waals surface area contributed by atoms with Crippen LogP contribution < -0.4 is 0 Å². The van der Waals surface area contributed by atoms with Crippen LogP contribution in [0.25, 0.3) is 0 Å². The summed E-state index contributed by atoms with van der Waals surface area (Å²) < 4.78 is 0. The zero-order valence-electron chi connectivity index (χ0n) is 9.83. The smallest absolute Gasteiger partial charge is 0.182 e. The highest BCUT2D eigenvalue weighted by atomic mass is 17.2. The number of quaternary nitrogens is 1. The Hall–Kier alpha value is -0.280. The van der Waals surface area contributed by atoms with E-state index in [1.165, 1.54) is 0 Å². The number of hydrogen-bond donors (Lipinski definition) is 3. The van der Waals surface area contributed by atoms with Crippen molar-refractivity contribution in [1.82, 2.24) is 0 Å². The minimum Gasteiger partial charge on any atom is -0.394 e. The third kappa shape index (κ3) is 5.17. The van der Waals surface area contributed by atoms with E-state index < -0.39 is 4.97 Å². The minimum atomic E-state index is -0.609. The first-order valence-electron chi connectivity index (χ1n) is 5.28. The molecule has 98 valence electrons. The summed E-state index contributed by atoms with van der Waals surface area (Å²) in [4.78, 5) is 15.2. The van der Waals surface area contributed by atoms with Crippen LogP contribution >= 0.6 is 0 Å². The van der Waals surface area contributed by atoms with Crippen molar-refractivity contribution < 1.29 is 34.8 Å². The van der Waals surface area contributed by atoms with Crippen molar-refractivity contribution in [3.63, 3.8) is 0 Å². The van der Waals surface area contributed by atoms with Crippen LogP contribution in [0.4, 0.5) is 0 Å². The molecule has 0 radical (unpaired) electrons. The molecular formula is C9H22NO6+. The predicted octanol–water partition coefficient (Wildman–Crippen LogP) is -1.02. The Kier molecular flexibility index (Phi) is 8.67. The molecule has 7 heteroatoms. The fraction of sp³-hybridized carbons (Fsp3) is 1.00. The van der Waals surface area contributed by atoms with E-state index in [2.05, 4.69) is 0 Å². The molecule has 0 aromatic rings. The van der Waals surface area contributed by atoms with Gasteiger partial charge in [-0.05, 0) is 13.8 Å². The van der Waals surface area contributed by atoms with E-state index in [-0.39, 0.29) is 45.7 Å². The lowest BCUT2D eigenvalue weighted by atomic mass is 10.4. The number of nitrogens with zero attached hydrogens (tertiary/aromatic N) is 1. The number of hydrogen-bond acceptors (Lipinski definition) is 6. The molecule has 0 amide bonds. The second kappa shape index (κ2) is 8.82. The van der Waals surface area contributed by atoms with Gasteiger partial charge >= 0.3 is 0 Å². The summed E-state index contributed by atoms with van der Waals surface area (Å²) in [6.45, 7) is 3.20. The van der Waals surface area contributed by atoms with Crippen LogP contribution in [0, 0.1) is 0 Å². The van der Waals surface area contributed by atoms with Gasteiger partial charge in [-0.15, -0.1) is 14.5 Å². The van der Waals surface area contributed by atoms with E-state index in [1.54, 1.807) is 13.8 Å². The zero-order chi connectivity index (χ0) is 12.4. The molecule has 0 aliphatic rings. The van der Waals surface area contributed by atoms with Crippen LogP contribution in [0.2, 0.25) is 0 Å². The molecule has 0 rings (SSSR count). The summed E-state index contributed by atoms with van der Waals surface area (Å²) >= 11 is 0. The standard InChI is InChI=1S/C9H22NO6/c1-9(2)10(14-6-3-11,15-7-4-12)16-8-5-13/h9,11-13H,3-8H2,1-2H3/q+1. The Balaban J connectivity index is 4.46. The molecular weight excluding hydrogens is 218 g/mol. The summed E-state index contributed by atoms with van der Waals surface area (Å²) in [7, 11) is 0. The van der Waals surface area contributed by atoms with Crippen molar-refractivity contribution in [3.8, 4) is 0 Å². The first kappa shape index (κ1) is 15.7. The van der Waals surface area contributed by atoms with Gasteiger partial charge < -0.3 is 15.3 Å². The highest BCUT2D eigenvalue weighted by Gasteiger charge is 2.39. The van der Waals surface area contributed by atoms with Gasteiger partial charge in [0.15, 0.2) is 6.04 Å². The molecule has 0 bridgehead atoms. The van der Waals surface area contributed by atoms with Crippen molar-refractivity contribution in [2.45, 2.75) is 19.9 Å². The first-order valence-corrected chi connectivity index (χ1v) is 5.28. The average molecular weight is 240 g/mol. The van der Waals surface area contributed by atoms with Gasteiger partial charge in [0.25, 0.3) is 0 Å². The summed E-state index contributed by atoms with van der Waals surface area (Å²) in [6.07, 6.45) is 0. The van der Waals surface area contributed by atoms with Crippen molar-refractivity contribution in [3.05, 3.63) is 0 Å². The van der Waals surface area contributed by atoms with Gasteiger partial charge in [-0.2, -0.15) is 0 Å². The molecule has 0 unspecified atom stereocenters. The van der Waals surface area contributed by atoms with Gasteiger partial charge in [0.1, 0.15) is 19.8 Å². The Morgan fingerprint density at radius 2 is 1.12 bits per heavy atom. The fourth-order valence-electron chi connectivity index (χ4n) is 1.06. The highest BCUT2D eigenvalue weighted by molar-refractivity contribution is 4.29. The second-order valence-electron chi connectivity index (χ2n) is 3.30. The molecule has 0 aromatic carbocycles. The van der Waals surface area contributed by atoms with E-state index in [9.17, 15) is 0 Å². The van der Waals surface area contributed by atoms with E-state index in [0.29, 0.717) is 0 Å². The normalized spacial score (nSPS) is 12.4. The molecule has 7 nitrogen and oxygen atoms in total. The molecule has 0 aliphatic carbocycles. The largest absolute Gasteiger partial charge is 0.394 e. The van der Waals surface area contributed by atoms with E-state index in [0.717, 1.165) is 0 Å². The third-order valence-corrected chi connectivity index (χ3v) is 1.72. The molecule has 3 N–H and O–H groups in total. The summed E-state index contributed by atoms with van der Waals surface area (Å²) in [5.74, 6) is 0. The van der Waals surface area contributed by atoms with Crippen LogP contribution in [-0.2, 0) is 14.5 Å². The molecule has 0 aliphatic heterocycles. The Bertz CT molecular complexity index is 144. The Morgan fingerprint density at radius 3 is 1.31 bits per heavy atom. The Labute approximate surface area is 95.2 Å². The molecule has 0 aromatic heterocycles. The van der Waals surface area contributed by atoms with Crippen LogP contribution in [-0.4, -0.2) is 66.0 Å². The number of aliphatic hydroxyl groups is 3. The van der Waals surface area contributed by atoms with Crippen LogP contribution in [0.15, 0.2) is 0 Å². The first-order chi connectivity index (χ1) is 7.63. The SMILES string of the molecule is CC(C)[N+](OCCO)(OCCO)OCCO. The predicted molar refractivity (Wildman–Crippen MR) is 54.5 cm³/mol. The van der Waals surface area contributed by atoms with Gasteiger partial charge in [-0.1, -0.05) is 0 Å². The molecule has 0 spiro atoms. The lowest BCUT2D eigenvalue weighted by Crippen LogP contribution is -2.54. The lowest BCUT2D eigenvalue weighted by Gasteiger charge is -2.31. The molecule has 0 atom stereocenters. The van der Waals surface area contributed by atoms with Crippen molar-refractivity contribution in [2.75, 3.05) is 39.6 Å². The summed E-state index contributed by atoms with van der Waals surface area (Å²) in [6, 6.07) is -0.204. The fourth-order valence-corrected chi connectivity index (χ4v) is 1.06. The van der Waals surface area contributed by atoms with E-state index in [1.807, 2.05) is 0 Å². The molecule has 0 fully saturated rings. The lowest BCUT2D eigenvalue weighted by molar-refractivity contribution is -1.38. The van der Waals surface area contributed by atoms with E-state index >= 15 is 0 Å². The minimum absolute atomic E-state index is 0.0367. The van der Waals surface area contributed by atoms with Gasteiger partial charge in [0, 0.05) is 0 Å². The maximum Gasteiger partial charge on any atom is 0.182 e. The number of rotatable bonds is 10. The topological polar surface area (TPSA) is 88.4 Å². The number of aliphatic hydroxyl groups excluding tert-OH is 3. The average Bonchev–Trinajstić information content (AvgIpc) is 2.28. The zero-order valence-corrected chi connectivity index (χ0v) is 9.83. The highest BCUT2D eigenvalue weighted by Crippen LogP contribution is 2.17. The molecule has 0 saturated carbocycles. The number of hydroxylamine groups is 3. The van der Waals surface area contributed by atoms with Crippen molar-refractivity contribution in [1.29, 1.82) is 0 Å². The van der Waals surface area contributed by atoms with E-state index in [4.69, 9.17) is 29.8 Å². The van der Waals surface area contributed by atoms with Crippen molar-refractivity contribution in [2.24, 2.45) is 0 Å². The van der Waals surface area contributed by atoms with Gasteiger partial charge in [0.05, 0.1) is 24.8 Å². The second-order valence-corrected chi connectivity index (χ2v) is 3.30. The van der Waals surface area contributed by atoms with Gasteiger partial charge in [-0.25, -0.2) is 0 Å². The molecule has 16 heavy (non-hydrogen) atoms. The third-order valence-electron chi connectivity index (χ3n) is 1.72. The molecule has 0 heterocycles. The molecule has 0 saturated heterocycles. The maximum atomic E-state index is 8.72. The maximum absolute atomic E-state index is 8.72. The van der Waals surface area contributed by atoms with Crippen molar-refractivity contribution >= 4 is 0 Å². The van der Waals surface area contributed by atoms with Crippen LogP contribution in [0.3, 0.4) is 0 Å².